The van der Waals surface area contributed by atoms with Gasteiger partial charge in [0.2, 0.25) is 27.7 Å². The molecule has 330 valence electrons. The Morgan fingerprint density at radius 1 is 1.03 bits per heavy atom. The van der Waals surface area contributed by atoms with Crippen LogP contribution in [0.3, 0.4) is 0 Å². The van der Waals surface area contributed by atoms with Crippen LogP contribution in [0.5, 0.6) is 5.75 Å². The molecule has 5 amide bonds. The van der Waals surface area contributed by atoms with Crippen LogP contribution in [0.4, 0.5) is 9.93 Å². The molecule has 0 spiro atoms. The second-order valence-corrected chi connectivity index (χ2v) is 21.4. The molecule has 0 unspecified atom stereocenters. The van der Waals surface area contributed by atoms with E-state index in [1.165, 1.54) is 22.3 Å². The highest BCUT2D eigenvalue weighted by molar-refractivity contribution is 7.89. The van der Waals surface area contributed by atoms with E-state index in [0.717, 1.165) is 37.5 Å². The Bertz CT molecular complexity index is 2330. The van der Waals surface area contributed by atoms with Crippen molar-refractivity contribution in [2.75, 3.05) is 18.1 Å². The maximum absolute atomic E-state index is 14.7. The SMILES string of the molecule is C=C[C@@H]1C[C@]1(NC(=O)[C@@H]1C[C@@H](Oc2cc(-c3csc(NC(=O)CC(C)(C)C)n3)nc3cc(C)ccc23)CN1C(=O)[C@@H](NC(=O)OC1CCCC1)C(C)(C)C)C(=O)NS(C)(=O)=O. The maximum atomic E-state index is 14.7. The van der Waals surface area contributed by atoms with Gasteiger partial charge in [-0.2, -0.15) is 0 Å². The highest BCUT2D eigenvalue weighted by Gasteiger charge is 2.61. The van der Waals surface area contributed by atoms with E-state index in [1.54, 1.807) is 32.2 Å². The minimum Gasteiger partial charge on any atom is -0.488 e. The zero-order chi connectivity index (χ0) is 44.7. The Kier molecular flexibility index (Phi) is 12.9. The van der Waals surface area contributed by atoms with Gasteiger partial charge in [0.25, 0.3) is 5.91 Å². The number of hydrogen-bond donors (Lipinski definition) is 4. The lowest BCUT2D eigenvalue weighted by molar-refractivity contribution is -0.143. The molecule has 16 nitrogen and oxygen atoms in total. The van der Waals surface area contributed by atoms with Gasteiger partial charge >= 0.3 is 6.09 Å². The molecule has 1 aliphatic heterocycles. The molecule has 18 heteroatoms. The van der Waals surface area contributed by atoms with Gasteiger partial charge in [0.05, 0.1) is 24.0 Å². The molecule has 1 saturated heterocycles. The average molecular weight is 880 g/mol. The third kappa shape index (κ3) is 11.1. The molecular formula is C43H57N7O9S2. The average Bonchev–Trinajstić information content (AvgIpc) is 3.55. The van der Waals surface area contributed by atoms with Crippen LogP contribution in [0.2, 0.25) is 0 Å². The van der Waals surface area contributed by atoms with Crippen molar-refractivity contribution in [1.29, 1.82) is 0 Å². The summed E-state index contributed by atoms with van der Waals surface area (Å²) in [5.74, 6) is -2.48. The van der Waals surface area contributed by atoms with E-state index in [1.807, 2.05) is 50.6 Å². The van der Waals surface area contributed by atoms with Crippen LogP contribution < -0.4 is 25.4 Å². The summed E-state index contributed by atoms with van der Waals surface area (Å²) >= 11 is 1.27. The summed E-state index contributed by atoms with van der Waals surface area (Å²) in [6, 6.07) is 5.10. The molecule has 2 saturated carbocycles. The maximum Gasteiger partial charge on any atom is 0.408 e. The standard InChI is InChI=1S/C43H57N7O9S2/c1-10-25-20-43(25,38(54)49-61(9,56)57)48-36(52)32-18-27(22-50(32)37(53)35(42(6,7)8)47-40(55)59-26-13-11-12-14-26)58-33-19-30(44-29-17-24(2)15-16-28(29)33)31-23-60-39(45-31)46-34(51)21-41(3,4)5/h10,15-17,19,23,25-27,32,35H,1,11-14,18,20-22H2,2-9H3,(H,47,55)(H,48,52)(H,49,54)(H,45,46,51)/t25-,27-,32+,35-,43-/m1/s1. The fourth-order valence-electron chi connectivity index (χ4n) is 7.90. The molecule has 3 aliphatic rings. The Labute approximate surface area is 361 Å². The molecule has 4 N–H and O–H groups in total. The Morgan fingerprint density at radius 2 is 1.74 bits per heavy atom. The van der Waals surface area contributed by atoms with Crippen LogP contribution in [-0.2, 0) is 33.9 Å². The number of aromatic nitrogens is 2. The van der Waals surface area contributed by atoms with Gasteiger partial charge in [-0.1, -0.05) is 53.7 Å². The molecule has 1 aromatic carbocycles. The molecule has 3 aromatic rings. The summed E-state index contributed by atoms with van der Waals surface area (Å²) < 4.78 is 38.5. The summed E-state index contributed by atoms with van der Waals surface area (Å²) in [5.41, 5.74) is -0.105. The van der Waals surface area contributed by atoms with Gasteiger partial charge in [-0.05, 0) is 67.6 Å². The summed E-state index contributed by atoms with van der Waals surface area (Å²) in [6.07, 6.45) is 4.30. The number of carbonyl (C=O) groups excluding carboxylic acids is 5. The van der Waals surface area contributed by atoms with Crippen molar-refractivity contribution >= 4 is 67.1 Å². The summed E-state index contributed by atoms with van der Waals surface area (Å²) in [5, 5.41) is 11.3. The summed E-state index contributed by atoms with van der Waals surface area (Å²) in [4.78, 5) is 79.3. The molecule has 2 aromatic heterocycles. The van der Waals surface area contributed by atoms with Crippen LogP contribution in [-0.4, -0.2) is 95.6 Å². The molecule has 5 atom stereocenters. The lowest BCUT2D eigenvalue weighted by Gasteiger charge is -2.35. The Balaban J connectivity index is 1.32. The molecule has 3 fully saturated rings. The number of benzene rings is 1. The van der Waals surface area contributed by atoms with Crippen molar-refractivity contribution in [3.05, 3.63) is 47.9 Å². The fraction of sp³-hybridized carbons (Fsp3) is 0.558. The van der Waals surface area contributed by atoms with Crippen LogP contribution in [0, 0.1) is 23.7 Å². The van der Waals surface area contributed by atoms with Gasteiger partial charge in [-0.3, -0.25) is 23.9 Å². The molecule has 0 bridgehead atoms. The molecule has 6 rings (SSSR count). The number of anilines is 1. The fourth-order valence-corrected chi connectivity index (χ4v) is 9.14. The van der Waals surface area contributed by atoms with Gasteiger partial charge in [-0.15, -0.1) is 17.9 Å². The number of hydrogen-bond acceptors (Lipinski definition) is 12. The number of carbonyl (C=O) groups is 5. The van der Waals surface area contributed by atoms with E-state index in [9.17, 15) is 32.4 Å². The lowest BCUT2D eigenvalue weighted by atomic mass is 9.85. The van der Waals surface area contributed by atoms with Gasteiger partial charge in [-0.25, -0.2) is 23.2 Å². The third-order valence-electron chi connectivity index (χ3n) is 11.1. The van der Waals surface area contributed by atoms with Crippen molar-refractivity contribution in [3.63, 3.8) is 0 Å². The largest absolute Gasteiger partial charge is 0.488 e. The van der Waals surface area contributed by atoms with E-state index >= 15 is 0 Å². The first kappa shape index (κ1) is 45.4. The minimum absolute atomic E-state index is 0.0187. The quantitative estimate of drug-likeness (QED) is 0.155. The molecule has 61 heavy (non-hydrogen) atoms. The van der Waals surface area contributed by atoms with Gasteiger partial charge < -0.3 is 30.3 Å². The number of amides is 5. The second kappa shape index (κ2) is 17.3. The topological polar surface area (TPSA) is 215 Å². The summed E-state index contributed by atoms with van der Waals surface area (Å²) in [6.45, 7) is 16.9. The first-order chi connectivity index (χ1) is 28.4. The third-order valence-corrected chi connectivity index (χ3v) is 12.4. The predicted octanol–water partition coefficient (Wildman–Crippen LogP) is 5.61. The van der Waals surface area contributed by atoms with Gasteiger partial charge in [0.1, 0.15) is 41.3 Å². The lowest BCUT2D eigenvalue weighted by Crippen LogP contribution is -2.60. The highest BCUT2D eigenvalue weighted by Crippen LogP contribution is 2.45. The number of alkyl carbamates (subject to hydrolysis) is 1. The van der Waals surface area contributed by atoms with Gasteiger partial charge in [0, 0.05) is 35.6 Å². The number of pyridine rings is 1. The van der Waals surface area contributed by atoms with E-state index in [4.69, 9.17) is 14.5 Å². The highest BCUT2D eigenvalue weighted by atomic mass is 32.2. The normalized spacial score (nSPS) is 22.3. The number of nitrogens with zero attached hydrogens (tertiary/aromatic N) is 3. The first-order valence-corrected chi connectivity index (χ1v) is 23.3. The number of fused-ring (bicyclic) bond motifs is 1. The van der Waals surface area contributed by atoms with Crippen molar-refractivity contribution in [1.82, 2.24) is 30.2 Å². The number of thiazole rings is 1. The molecular weight excluding hydrogens is 823 g/mol. The van der Waals surface area contributed by atoms with Crippen molar-refractivity contribution in [2.45, 2.75) is 123 Å². The van der Waals surface area contributed by atoms with Gasteiger partial charge in [0.15, 0.2) is 5.13 Å². The first-order valence-electron chi connectivity index (χ1n) is 20.5. The molecule has 0 radical (unpaired) electrons. The molecule has 2 aliphatic carbocycles. The number of aryl methyl sites for hydroxylation is 1. The van der Waals surface area contributed by atoms with Crippen molar-refractivity contribution in [3.8, 4) is 17.1 Å². The Hall–Kier alpha value is -5.10. The van der Waals surface area contributed by atoms with Crippen molar-refractivity contribution < 1.29 is 41.9 Å². The zero-order valence-corrected chi connectivity index (χ0v) is 37.7. The number of sulfonamides is 1. The van der Waals surface area contributed by atoms with Crippen LogP contribution in [0.25, 0.3) is 22.3 Å². The number of likely N-dealkylation sites (tertiary alicyclic amines) is 1. The van der Waals surface area contributed by atoms with Crippen molar-refractivity contribution in [2.24, 2.45) is 16.7 Å². The van der Waals surface area contributed by atoms with Crippen LogP contribution in [0.15, 0.2) is 42.3 Å². The smallest absolute Gasteiger partial charge is 0.408 e. The minimum atomic E-state index is -3.97. The molecule has 3 heterocycles. The number of nitrogens with one attached hydrogen (secondary N) is 4. The van der Waals surface area contributed by atoms with E-state index in [-0.39, 0.29) is 36.8 Å². The summed E-state index contributed by atoms with van der Waals surface area (Å²) in [7, 11) is -3.97. The van der Waals surface area contributed by atoms with E-state index in [2.05, 4.69) is 27.5 Å². The number of rotatable bonds is 13. The van der Waals surface area contributed by atoms with E-state index in [0.29, 0.717) is 39.6 Å². The predicted molar refractivity (Wildman–Crippen MR) is 232 cm³/mol. The van der Waals surface area contributed by atoms with Crippen LogP contribution >= 0.6 is 11.3 Å². The van der Waals surface area contributed by atoms with Crippen LogP contribution in [0.1, 0.15) is 92.1 Å². The van der Waals surface area contributed by atoms with E-state index < -0.39 is 68.9 Å². The monoisotopic (exact) mass is 879 g/mol. The number of ether oxygens (including phenoxy) is 2. The Morgan fingerprint density at radius 3 is 2.36 bits per heavy atom. The second-order valence-electron chi connectivity index (χ2n) is 18.8. The zero-order valence-electron chi connectivity index (χ0n) is 36.0.